The largest absolute Gasteiger partial charge is 0.464 e. The third-order valence-electron chi connectivity index (χ3n) is 3.55. The number of aromatic nitrogens is 2. The molecular weight excluding hydrogens is 266 g/mol. The summed E-state index contributed by atoms with van der Waals surface area (Å²) in [4.78, 5) is 18.6. The van der Waals surface area contributed by atoms with Crippen LogP contribution >= 0.6 is 0 Å². The second-order valence-electron chi connectivity index (χ2n) is 5.73. The van der Waals surface area contributed by atoms with Crippen LogP contribution in [0.25, 0.3) is 0 Å². The molecule has 1 atom stereocenters. The van der Waals surface area contributed by atoms with Crippen LogP contribution in [0.3, 0.4) is 0 Å². The molecule has 0 aliphatic rings. The number of hydrogen-bond acceptors (Lipinski definition) is 3. The van der Waals surface area contributed by atoms with Crippen LogP contribution in [-0.2, 0) is 11.3 Å². The van der Waals surface area contributed by atoms with Gasteiger partial charge in [0.05, 0.1) is 6.54 Å². The molecule has 0 aliphatic carbocycles. The van der Waals surface area contributed by atoms with Gasteiger partial charge in [0.15, 0.2) is 0 Å². The van der Waals surface area contributed by atoms with Gasteiger partial charge < -0.3 is 13.9 Å². The fraction of sp³-hybridized carbons (Fsp3) is 0.500. The van der Waals surface area contributed by atoms with Gasteiger partial charge in [0.2, 0.25) is 5.91 Å². The van der Waals surface area contributed by atoms with Gasteiger partial charge in [-0.15, -0.1) is 0 Å². The van der Waals surface area contributed by atoms with Gasteiger partial charge in [-0.05, 0) is 26.0 Å². The average Bonchev–Trinajstić information content (AvgIpc) is 3.05. The summed E-state index contributed by atoms with van der Waals surface area (Å²) in [7, 11) is 1.79. The Kier molecular flexibility index (Phi) is 4.50. The number of carbonyl (C=O) groups excluding carboxylic acids is 1. The number of likely N-dealkylation sites (N-methyl/N-ethyl adjacent to an activating group) is 1. The van der Waals surface area contributed by atoms with Crippen LogP contribution in [0.2, 0.25) is 0 Å². The van der Waals surface area contributed by atoms with E-state index in [1.54, 1.807) is 18.1 Å². The van der Waals surface area contributed by atoms with E-state index < -0.39 is 0 Å². The minimum absolute atomic E-state index is 0.0453. The summed E-state index contributed by atoms with van der Waals surface area (Å²) in [6.07, 6.45) is 3.61. The lowest BCUT2D eigenvalue weighted by molar-refractivity contribution is -0.133. The number of aryl methyl sites for hydroxylation is 1. The van der Waals surface area contributed by atoms with Gasteiger partial charge in [-0.1, -0.05) is 13.8 Å². The van der Waals surface area contributed by atoms with E-state index in [0.717, 1.165) is 17.3 Å². The standard InChI is InChI=1S/C16H23N3O2/c1-11(2)15-17-8-9-19(15)13(4)16(20)18(5)10-14-7-6-12(3)21-14/h6-9,11,13H,10H2,1-5H3/t13-/m0/s1. The molecule has 0 aromatic carbocycles. The molecule has 0 fully saturated rings. The fourth-order valence-corrected chi connectivity index (χ4v) is 2.42. The molecule has 21 heavy (non-hydrogen) atoms. The Bertz CT molecular complexity index is 613. The fourth-order valence-electron chi connectivity index (χ4n) is 2.42. The second-order valence-corrected chi connectivity index (χ2v) is 5.73. The molecule has 2 heterocycles. The van der Waals surface area contributed by atoms with E-state index in [9.17, 15) is 4.79 Å². The van der Waals surface area contributed by atoms with E-state index in [0.29, 0.717) is 6.54 Å². The summed E-state index contributed by atoms with van der Waals surface area (Å²) in [6.45, 7) is 8.42. The summed E-state index contributed by atoms with van der Waals surface area (Å²) in [5.74, 6) is 2.91. The predicted octanol–water partition coefficient (Wildman–Crippen LogP) is 3.13. The van der Waals surface area contributed by atoms with Gasteiger partial charge in [0.1, 0.15) is 23.4 Å². The van der Waals surface area contributed by atoms with Gasteiger partial charge >= 0.3 is 0 Å². The monoisotopic (exact) mass is 289 g/mol. The zero-order valence-corrected chi connectivity index (χ0v) is 13.3. The summed E-state index contributed by atoms with van der Waals surface area (Å²) >= 11 is 0. The van der Waals surface area contributed by atoms with Crippen molar-refractivity contribution in [3.63, 3.8) is 0 Å². The minimum Gasteiger partial charge on any atom is -0.464 e. The second kappa shape index (κ2) is 6.16. The molecule has 5 nitrogen and oxygen atoms in total. The van der Waals surface area contributed by atoms with Crippen LogP contribution in [0, 0.1) is 6.92 Å². The van der Waals surface area contributed by atoms with Crippen molar-refractivity contribution >= 4 is 5.91 Å². The van der Waals surface area contributed by atoms with Crippen LogP contribution in [0.15, 0.2) is 28.9 Å². The number of rotatable bonds is 5. The van der Waals surface area contributed by atoms with E-state index in [-0.39, 0.29) is 17.9 Å². The third-order valence-corrected chi connectivity index (χ3v) is 3.55. The maximum atomic E-state index is 12.6. The van der Waals surface area contributed by atoms with Gasteiger partial charge in [-0.25, -0.2) is 4.98 Å². The van der Waals surface area contributed by atoms with Crippen molar-refractivity contribution in [1.82, 2.24) is 14.5 Å². The normalized spacial score (nSPS) is 12.7. The highest BCUT2D eigenvalue weighted by molar-refractivity contribution is 5.79. The number of furan rings is 1. The summed E-state index contributed by atoms with van der Waals surface area (Å²) in [5.41, 5.74) is 0. The zero-order chi connectivity index (χ0) is 15.6. The smallest absolute Gasteiger partial charge is 0.245 e. The van der Waals surface area contributed by atoms with Gasteiger partial charge in [-0.3, -0.25) is 4.79 Å². The van der Waals surface area contributed by atoms with E-state index in [1.165, 1.54) is 0 Å². The molecule has 0 saturated heterocycles. The first-order chi connectivity index (χ1) is 9.90. The molecule has 0 radical (unpaired) electrons. The maximum absolute atomic E-state index is 12.6. The Hall–Kier alpha value is -2.04. The molecule has 0 N–H and O–H groups in total. The highest BCUT2D eigenvalue weighted by Crippen LogP contribution is 2.19. The average molecular weight is 289 g/mol. The molecule has 2 aromatic rings. The lowest BCUT2D eigenvalue weighted by atomic mass is 10.2. The van der Waals surface area contributed by atoms with Gasteiger partial charge in [0, 0.05) is 25.4 Å². The van der Waals surface area contributed by atoms with Crippen LogP contribution in [0.5, 0.6) is 0 Å². The van der Waals surface area contributed by atoms with Crippen LogP contribution in [0.4, 0.5) is 0 Å². The Balaban J connectivity index is 2.09. The highest BCUT2D eigenvalue weighted by atomic mass is 16.3. The van der Waals surface area contributed by atoms with E-state index in [2.05, 4.69) is 18.8 Å². The van der Waals surface area contributed by atoms with Gasteiger partial charge in [0.25, 0.3) is 0 Å². The molecule has 2 rings (SSSR count). The Morgan fingerprint density at radius 1 is 1.38 bits per heavy atom. The SMILES string of the molecule is Cc1ccc(CN(C)C(=O)[C@H](C)n2ccnc2C(C)C)o1. The van der Waals surface area contributed by atoms with Crippen molar-refractivity contribution in [2.75, 3.05) is 7.05 Å². The highest BCUT2D eigenvalue weighted by Gasteiger charge is 2.22. The van der Waals surface area contributed by atoms with E-state index >= 15 is 0 Å². The zero-order valence-electron chi connectivity index (χ0n) is 13.3. The minimum atomic E-state index is -0.272. The number of imidazole rings is 1. The number of carbonyl (C=O) groups is 1. The quantitative estimate of drug-likeness (QED) is 0.849. The lowest BCUT2D eigenvalue weighted by Gasteiger charge is -2.23. The molecule has 1 amide bonds. The summed E-state index contributed by atoms with van der Waals surface area (Å²) < 4.78 is 7.47. The predicted molar refractivity (Wildman–Crippen MR) is 80.9 cm³/mol. The number of nitrogens with zero attached hydrogens (tertiary/aromatic N) is 3. The van der Waals surface area contributed by atoms with E-state index in [1.807, 2.05) is 36.7 Å². The van der Waals surface area contributed by atoms with Crippen molar-refractivity contribution in [2.45, 2.75) is 46.2 Å². The van der Waals surface area contributed by atoms with Crippen molar-refractivity contribution in [3.8, 4) is 0 Å². The first-order valence-electron chi connectivity index (χ1n) is 7.23. The molecule has 2 aromatic heterocycles. The van der Waals surface area contributed by atoms with Crippen LogP contribution in [0.1, 0.15) is 50.1 Å². The molecule has 0 unspecified atom stereocenters. The number of hydrogen-bond donors (Lipinski definition) is 0. The molecule has 5 heteroatoms. The molecule has 0 bridgehead atoms. The molecule has 0 spiro atoms. The van der Waals surface area contributed by atoms with Gasteiger partial charge in [-0.2, -0.15) is 0 Å². The third kappa shape index (κ3) is 3.35. The number of amides is 1. The Morgan fingerprint density at radius 3 is 2.67 bits per heavy atom. The van der Waals surface area contributed by atoms with Crippen molar-refractivity contribution in [1.29, 1.82) is 0 Å². The topological polar surface area (TPSA) is 51.3 Å². The van der Waals surface area contributed by atoms with Crippen LogP contribution in [-0.4, -0.2) is 27.4 Å². The van der Waals surface area contributed by atoms with Crippen LogP contribution < -0.4 is 0 Å². The summed E-state index contributed by atoms with van der Waals surface area (Å²) in [5, 5.41) is 0. The first-order valence-corrected chi connectivity index (χ1v) is 7.23. The maximum Gasteiger partial charge on any atom is 0.245 e. The molecule has 0 saturated carbocycles. The molecule has 114 valence electrons. The van der Waals surface area contributed by atoms with Crippen molar-refractivity contribution < 1.29 is 9.21 Å². The summed E-state index contributed by atoms with van der Waals surface area (Å²) in [6, 6.07) is 3.54. The van der Waals surface area contributed by atoms with E-state index in [4.69, 9.17) is 4.42 Å². The molecular formula is C16H23N3O2. The Morgan fingerprint density at radius 2 is 2.10 bits per heavy atom. The molecule has 0 aliphatic heterocycles. The van der Waals surface area contributed by atoms with Crippen molar-refractivity contribution in [2.24, 2.45) is 0 Å². The Labute approximate surface area is 125 Å². The first kappa shape index (κ1) is 15.4. The van der Waals surface area contributed by atoms with Crippen molar-refractivity contribution in [3.05, 3.63) is 41.9 Å². The lowest BCUT2D eigenvalue weighted by Crippen LogP contribution is -2.33.